The molecule has 2 unspecified atom stereocenters. The van der Waals surface area contributed by atoms with Gasteiger partial charge in [-0.25, -0.2) is 0 Å². The van der Waals surface area contributed by atoms with Gasteiger partial charge in [0.1, 0.15) is 5.75 Å². The lowest BCUT2D eigenvalue weighted by Crippen LogP contribution is -2.39. The lowest BCUT2D eigenvalue weighted by Gasteiger charge is -2.31. The Morgan fingerprint density at radius 2 is 2.05 bits per heavy atom. The Bertz CT molecular complexity index is 495. The van der Waals surface area contributed by atoms with Crippen LogP contribution in [0.25, 0.3) is 0 Å². The van der Waals surface area contributed by atoms with Crippen LogP contribution >= 0.6 is 0 Å². The molecule has 0 bridgehead atoms. The van der Waals surface area contributed by atoms with Gasteiger partial charge in [-0.15, -0.1) is 0 Å². The number of benzene rings is 1. The standard InChI is InChI=1S/C16H23N3O/c1-11(2)20-13-6-4-12(5-7-13)16-14-10-19(3)9-8-15(14)17-18-16/h4-7,11,14,16,18H,8-10H2,1-3H3. The summed E-state index contributed by atoms with van der Waals surface area (Å²) in [4.78, 5) is 2.39. The first-order valence-corrected chi connectivity index (χ1v) is 7.40. The summed E-state index contributed by atoms with van der Waals surface area (Å²) in [6, 6.07) is 8.73. The van der Waals surface area contributed by atoms with Crippen LogP contribution in [-0.2, 0) is 0 Å². The number of fused-ring (bicyclic) bond motifs is 1. The molecule has 0 aromatic heterocycles. The van der Waals surface area contributed by atoms with E-state index in [0.29, 0.717) is 12.0 Å². The topological polar surface area (TPSA) is 36.9 Å². The van der Waals surface area contributed by atoms with Gasteiger partial charge in [-0.3, -0.25) is 0 Å². The Balaban J connectivity index is 1.73. The quantitative estimate of drug-likeness (QED) is 0.919. The van der Waals surface area contributed by atoms with Crippen molar-refractivity contribution in [2.24, 2.45) is 11.0 Å². The van der Waals surface area contributed by atoms with E-state index < -0.39 is 0 Å². The van der Waals surface area contributed by atoms with E-state index in [4.69, 9.17) is 4.74 Å². The predicted molar refractivity (Wildman–Crippen MR) is 81.1 cm³/mol. The molecule has 0 radical (unpaired) electrons. The second-order valence-electron chi connectivity index (χ2n) is 6.06. The molecule has 1 N–H and O–H groups in total. The van der Waals surface area contributed by atoms with Crippen molar-refractivity contribution < 1.29 is 4.74 Å². The molecule has 20 heavy (non-hydrogen) atoms. The van der Waals surface area contributed by atoms with Gasteiger partial charge in [0.25, 0.3) is 0 Å². The van der Waals surface area contributed by atoms with Crippen LogP contribution in [0.5, 0.6) is 5.75 Å². The van der Waals surface area contributed by atoms with Crippen LogP contribution in [0.4, 0.5) is 0 Å². The number of hydrazone groups is 1. The number of rotatable bonds is 3. The molecule has 2 aliphatic heterocycles. The number of nitrogens with one attached hydrogen (secondary N) is 1. The van der Waals surface area contributed by atoms with Crippen molar-refractivity contribution >= 4 is 5.71 Å². The summed E-state index contributed by atoms with van der Waals surface area (Å²) in [5, 5.41) is 4.53. The summed E-state index contributed by atoms with van der Waals surface area (Å²) in [5.74, 6) is 1.44. The molecular weight excluding hydrogens is 250 g/mol. The van der Waals surface area contributed by atoms with Crippen molar-refractivity contribution in [3.8, 4) is 5.75 Å². The van der Waals surface area contributed by atoms with E-state index in [9.17, 15) is 0 Å². The van der Waals surface area contributed by atoms with Gasteiger partial charge < -0.3 is 15.1 Å². The molecule has 1 saturated heterocycles. The second-order valence-corrected chi connectivity index (χ2v) is 6.06. The van der Waals surface area contributed by atoms with Gasteiger partial charge in [-0.1, -0.05) is 12.1 Å². The fraction of sp³-hybridized carbons (Fsp3) is 0.562. The third-order valence-electron chi connectivity index (χ3n) is 4.05. The monoisotopic (exact) mass is 273 g/mol. The van der Waals surface area contributed by atoms with Crippen LogP contribution in [0.3, 0.4) is 0 Å². The minimum Gasteiger partial charge on any atom is -0.491 e. The second kappa shape index (κ2) is 5.44. The summed E-state index contributed by atoms with van der Waals surface area (Å²) in [6.45, 7) is 6.29. The number of ether oxygens (including phenoxy) is 1. The molecular formula is C16H23N3O. The number of hydrogen-bond acceptors (Lipinski definition) is 4. The smallest absolute Gasteiger partial charge is 0.119 e. The zero-order valence-electron chi connectivity index (χ0n) is 12.5. The van der Waals surface area contributed by atoms with Crippen LogP contribution in [0.2, 0.25) is 0 Å². The Morgan fingerprint density at radius 3 is 2.75 bits per heavy atom. The molecule has 1 aromatic rings. The first-order valence-electron chi connectivity index (χ1n) is 7.40. The fourth-order valence-corrected chi connectivity index (χ4v) is 3.04. The van der Waals surface area contributed by atoms with Crippen LogP contribution < -0.4 is 10.2 Å². The molecule has 0 spiro atoms. The van der Waals surface area contributed by atoms with E-state index >= 15 is 0 Å². The molecule has 1 fully saturated rings. The highest BCUT2D eigenvalue weighted by Gasteiger charge is 2.35. The van der Waals surface area contributed by atoms with E-state index in [0.717, 1.165) is 25.3 Å². The zero-order valence-corrected chi connectivity index (χ0v) is 12.5. The maximum atomic E-state index is 5.70. The molecule has 0 amide bonds. The Kier molecular flexibility index (Phi) is 3.66. The average molecular weight is 273 g/mol. The lowest BCUT2D eigenvalue weighted by atomic mass is 9.86. The molecule has 2 aliphatic rings. The van der Waals surface area contributed by atoms with Crippen molar-refractivity contribution in [2.75, 3.05) is 20.1 Å². The van der Waals surface area contributed by atoms with E-state index in [1.54, 1.807) is 0 Å². The Morgan fingerprint density at radius 1 is 1.30 bits per heavy atom. The van der Waals surface area contributed by atoms with E-state index in [2.05, 4.69) is 46.7 Å². The third kappa shape index (κ3) is 2.66. The summed E-state index contributed by atoms with van der Waals surface area (Å²) < 4.78 is 5.70. The van der Waals surface area contributed by atoms with Gasteiger partial charge in [0.05, 0.1) is 12.1 Å². The van der Waals surface area contributed by atoms with Crippen LogP contribution in [0.15, 0.2) is 29.4 Å². The van der Waals surface area contributed by atoms with Gasteiger partial charge in [-0.2, -0.15) is 5.10 Å². The minimum atomic E-state index is 0.215. The van der Waals surface area contributed by atoms with Crippen molar-refractivity contribution in [1.29, 1.82) is 0 Å². The largest absolute Gasteiger partial charge is 0.491 e. The highest BCUT2D eigenvalue weighted by molar-refractivity contribution is 5.89. The number of nitrogens with zero attached hydrogens (tertiary/aromatic N) is 2. The first kappa shape index (κ1) is 13.4. The third-order valence-corrected chi connectivity index (χ3v) is 4.05. The highest BCUT2D eigenvalue weighted by Crippen LogP contribution is 2.32. The van der Waals surface area contributed by atoms with Crippen molar-refractivity contribution in [3.05, 3.63) is 29.8 Å². The van der Waals surface area contributed by atoms with Crippen LogP contribution in [0, 0.1) is 5.92 Å². The molecule has 1 aromatic carbocycles. The van der Waals surface area contributed by atoms with Gasteiger partial charge in [0.2, 0.25) is 0 Å². The number of hydrogen-bond donors (Lipinski definition) is 1. The Labute approximate surface area is 120 Å². The molecule has 0 saturated carbocycles. The van der Waals surface area contributed by atoms with Gasteiger partial charge in [0.15, 0.2) is 0 Å². The normalized spacial score (nSPS) is 26.1. The zero-order chi connectivity index (χ0) is 14.1. The molecule has 2 heterocycles. The fourth-order valence-electron chi connectivity index (χ4n) is 3.04. The highest BCUT2D eigenvalue weighted by atomic mass is 16.5. The van der Waals surface area contributed by atoms with Gasteiger partial charge in [-0.05, 0) is 38.6 Å². The average Bonchev–Trinajstić information content (AvgIpc) is 2.82. The summed E-state index contributed by atoms with van der Waals surface area (Å²) in [5.41, 5.74) is 5.94. The van der Waals surface area contributed by atoms with Crippen molar-refractivity contribution in [2.45, 2.75) is 32.4 Å². The van der Waals surface area contributed by atoms with Crippen LogP contribution in [0.1, 0.15) is 31.9 Å². The summed E-state index contributed by atoms with van der Waals surface area (Å²) in [6.07, 6.45) is 1.30. The number of likely N-dealkylation sites (tertiary alicyclic amines) is 1. The Hall–Kier alpha value is -1.55. The van der Waals surface area contributed by atoms with E-state index in [1.807, 2.05) is 13.8 Å². The minimum absolute atomic E-state index is 0.215. The van der Waals surface area contributed by atoms with Gasteiger partial charge >= 0.3 is 0 Å². The molecule has 3 rings (SSSR count). The molecule has 0 aliphatic carbocycles. The van der Waals surface area contributed by atoms with Crippen molar-refractivity contribution in [1.82, 2.24) is 10.3 Å². The molecule has 4 nitrogen and oxygen atoms in total. The summed E-state index contributed by atoms with van der Waals surface area (Å²) in [7, 11) is 2.19. The van der Waals surface area contributed by atoms with E-state index in [1.165, 1.54) is 11.3 Å². The van der Waals surface area contributed by atoms with Crippen molar-refractivity contribution in [3.63, 3.8) is 0 Å². The maximum Gasteiger partial charge on any atom is 0.119 e. The maximum absolute atomic E-state index is 5.70. The first-order chi connectivity index (χ1) is 9.63. The van der Waals surface area contributed by atoms with Crippen LogP contribution in [-0.4, -0.2) is 36.9 Å². The SMILES string of the molecule is CC(C)Oc1ccc(C2NN=C3CCN(C)CC32)cc1. The summed E-state index contributed by atoms with van der Waals surface area (Å²) >= 11 is 0. The molecule has 2 atom stereocenters. The molecule has 108 valence electrons. The predicted octanol–water partition coefficient (Wildman–Crippen LogP) is 2.43. The van der Waals surface area contributed by atoms with Gasteiger partial charge in [0, 0.05) is 31.1 Å². The lowest BCUT2D eigenvalue weighted by molar-refractivity contribution is 0.242. The molecule has 4 heteroatoms. The number of piperidine rings is 1. The van der Waals surface area contributed by atoms with E-state index in [-0.39, 0.29) is 6.10 Å².